The molecule has 2 nitrogen and oxygen atoms in total. The molecule has 0 radical (unpaired) electrons. The molecule has 0 bridgehead atoms. The van der Waals surface area contributed by atoms with Gasteiger partial charge >= 0.3 is 0 Å². The fourth-order valence-electron chi connectivity index (χ4n) is 2.11. The Morgan fingerprint density at radius 1 is 1.38 bits per heavy atom. The van der Waals surface area contributed by atoms with Gasteiger partial charge in [0.1, 0.15) is 5.75 Å². The van der Waals surface area contributed by atoms with E-state index in [4.69, 9.17) is 10.5 Å². The van der Waals surface area contributed by atoms with Crippen LogP contribution in [0.3, 0.4) is 0 Å². The molecule has 0 heterocycles. The van der Waals surface area contributed by atoms with Crippen LogP contribution in [0.1, 0.15) is 43.9 Å². The lowest BCUT2D eigenvalue weighted by Crippen LogP contribution is -2.12. The third-order valence-corrected chi connectivity index (χ3v) is 3.28. The van der Waals surface area contributed by atoms with Crippen molar-refractivity contribution < 1.29 is 4.74 Å². The molecule has 2 N–H and O–H groups in total. The van der Waals surface area contributed by atoms with E-state index in [9.17, 15) is 0 Å². The van der Waals surface area contributed by atoms with Crippen LogP contribution in [0.2, 0.25) is 0 Å². The van der Waals surface area contributed by atoms with E-state index in [1.54, 1.807) is 0 Å². The number of hydrogen-bond donors (Lipinski definition) is 1. The standard InChI is InChI=1S/C14H21NO/c1-3-10-9-12(14(15)11-5-6-11)7-8-13(10)16-4-2/h7-9,11,14H,3-6,15H2,1-2H3. The van der Waals surface area contributed by atoms with Crippen molar-refractivity contribution in [2.24, 2.45) is 11.7 Å². The van der Waals surface area contributed by atoms with Crippen LogP contribution in [0.5, 0.6) is 5.75 Å². The Morgan fingerprint density at radius 3 is 2.69 bits per heavy atom. The number of benzene rings is 1. The summed E-state index contributed by atoms with van der Waals surface area (Å²) in [6.07, 6.45) is 3.58. The van der Waals surface area contributed by atoms with E-state index in [1.165, 1.54) is 24.0 Å². The summed E-state index contributed by atoms with van der Waals surface area (Å²) >= 11 is 0. The monoisotopic (exact) mass is 219 g/mol. The molecular formula is C14H21NO. The van der Waals surface area contributed by atoms with E-state index in [2.05, 4.69) is 25.1 Å². The Labute approximate surface area is 97.8 Å². The summed E-state index contributed by atoms with van der Waals surface area (Å²) in [5.41, 5.74) is 8.75. The number of ether oxygens (including phenoxy) is 1. The first-order valence-electron chi connectivity index (χ1n) is 6.27. The van der Waals surface area contributed by atoms with E-state index >= 15 is 0 Å². The molecule has 2 rings (SSSR count). The molecule has 0 spiro atoms. The van der Waals surface area contributed by atoms with Crippen molar-refractivity contribution in [2.45, 2.75) is 39.2 Å². The molecule has 0 amide bonds. The van der Waals surface area contributed by atoms with E-state index < -0.39 is 0 Å². The predicted octanol–water partition coefficient (Wildman–Crippen LogP) is 3.06. The Kier molecular flexibility index (Phi) is 3.49. The first kappa shape index (κ1) is 11.5. The van der Waals surface area contributed by atoms with Crippen LogP contribution in [0.15, 0.2) is 18.2 Å². The maximum Gasteiger partial charge on any atom is 0.122 e. The van der Waals surface area contributed by atoms with Gasteiger partial charge in [0.05, 0.1) is 6.61 Å². The van der Waals surface area contributed by atoms with Crippen molar-refractivity contribution >= 4 is 0 Å². The average molecular weight is 219 g/mol. The Balaban J connectivity index is 2.21. The SMILES string of the molecule is CCOc1ccc(C(N)C2CC2)cc1CC. The number of nitrogens with two attached hydrogens (primary N) is 1. The minimum absolute atomic E-state index is 0.223. The quantitative estimate of drug-likeness (QED) is 0.826. The zero-order valence-corrected chi connectivity index (χ0v) is 10.2. The third-order valence-electron chi connectivity index (χ3n) is 3.28. The van der Waals surface area contributed by atoms with Gasteiger partial charge in [0.15, 0.2) is 0 Å². The molecule has 1 atom stereocenters. The van der Waals surface area contributed by atoms with Gasteiger partial charge < -0.3 is 10.5 Å². The van der Waals surface area contributed by atoms with E-state index in [-0.39, 0.29) is 6.04 Å². The molecule has 16 heavy (non-hydrogen) atoms. The fourth-order valence-corrected chi connectivity index (χ4v) is 2.11. The molecule has 1 fully saturated rings. The largest absolute Gasteiger partial charge is 0.494 e. The van der Waals surface area contributed by atoms with Crippen molar-refractivity contribution in [1.82, 2.24) is 0 Å². The van der Waals surface area contributed by atoms with Gasteiger partial charge in [-0.1, -0.05) is 19.1 Å². The van der Waals surface area contributed by atoms with E-state index in [1.807, 2.05) is 6.92 Å². The highest BCUT2D eigenvalue weighted by Gasteiger charge is 2.29. The lowest BCUT2D eigenvalue weighted by atomic mass is 9.99. The first-order chi connectivity index (χ1) is 7.76. The van der Waals surface area contributed by atoms with E-state index in [0.29, 0.717) is 5.92 Å². The number of aryl methyl sites for hydroxylation is 1. The molecular weight excluding hydrogens is 198 g/mol. The molecule has 88 valence electrons. The molecule has 1 aromatic rings. The highest BCUT2D eigenvalue weighted by atomic mass is 16.5. The van der Waals surface area contributed by atoms with Crippen LogP contribution in [0.4, 0.5) is 0 Å². The average Bonchev–Trinajstić information content (AvgIpc) is 3.13. The lowest BCUT2D eigenvalue weighted by molar-refractivity contribution is 0.336. The second kappa shape index (κ2) is 4.88. The highest BCUT2D eigenvalue weighted by Crippen LogP contribution is 2.40. The van der Waals surface area contributed by atoms with Crippen molar-refractivity contribution in [3.63, 3.8) is 0 Å². The summed E-state index contributed by atoms with van der Waals surface area (Å²) in [5.74, 6) is 1.72. The molecule has 0 saturated heterocycles. The number of rotatable bonds is 5. The van der Waals surface area contributed by atoms with E-state index in [0.717, 1.165) is 18.8 Å². The maximum absolute atomic E-state index is 6.21. The van der Waals surface area contributed by atoms with Gasteiger partial charge in [0, 0.05) is 6.04 Å². The van der Waals surface area contributed by atoms with Gasteiger partial charge in [0.25, 0.3) is 0 Å². The van der Waals surface area contributed by atoms with Gasteiger partial charge in [-0.05, 0) is 49.3 Å². The Hall–Kier alpha value is -1.02. The summed E-state index contributed by atoms with van der Waals surface area (Å²) in [5, 5.41) is 0. The minimum Gasteiger partial charge on any atom is -0.494 e. The van der Waals surface area contributed by atoms with Gasteiger partial charge in [-0.2, -0.15) is 0 Å². The topological polar surface area (TPSA) is 35.2 Å². The van der Waals surface area contributed by atoms with Gasteiger partial charge in [-0.25, -0.2) is 0 Å². The van der Waals surface area contributed by atoms with Crippen LogP contribution in [-0.4, -0.2) is 6.61 Å². The van der Waals surface area contributed by atoms with Gasteiger partial charge in [-0.15, -0.1) is 0 Å². The van der Waals surface area contributed by atoms with Gasteiger partial charge in [0.2, 0.25) is 0 Å². The summed E-state index contributed by atoms with van der Waals surface area (Å²) in [7, 11) is 0. The minimum atomic E-state index is 0.223. The van der Waals surface area contributed by atoms with Crippen LogP contribution in [-0.2, 0) is 6.42 Å². The summed E-state index contributed by atoms with van der Waals surface area (Å²) < 4.78 is 5.60. The first-order valence-corrected chi connectivity index (χ1v) is 6.27. The molecule has 1 aromatic carbocycles. The van der Waals surface area contributed by atoms with Crippen molar-refractivity contribution in [3.05, 3.63) is 29.3 Å². The lowest BCUT2D eigenvalue weighted by Gasteiger charge is -2.15. The van der Waals surface area contributed by atoms with Crippen molar-refractivity contribution in [1.29, 1.82) is 0 Å². The van der Waals surface area contributed by atoms with Gasteiger partial charge in [-0.3, -0.25) is 0 Å². The molecule has 1 aliphatic rings. The molecule has 0 aliphatic heterocycles. The van der Waals surface area contributed by atoms with Crippen LogP contribution >= 0.6 is 0 Å². The van der Waals surface area contributed by atoms with Crippen LogP contribution < -0.4 is 10.5 Å². The zero-order valence-electron chi connectivity index (χ0n) is 10.2. The molecule has 1 aliphatic carbocycles. The second-order valence-corrected chi connectivity index (χ2v) is 4.52. The normalized spacial score (nSPS) is 17.2. The molecule has 1 saturated carbocycles. The number of hydrogen-bond acceptors (Lipinski definition) is 2. The maximum atomic E-state index is 6.21. The summed E-state index contributed by atoms with van der Waals surface area (Å²) in [4.78, 5) is 0. The van der Waals surface area contributed by atoms with Crippen molar-refractivity contribution in [2.75, 3.05) is 6.61 Å². The third kappa shape index (κ3) is 2.38. The summed E-state index contributed by atoms with van der Waals surface area (Å²) in [6.45, 7) is 4.90. The smallest absolute Gasteiger partial charge is 0.122 e. The molecule has 1 unspecified atom stereocenters. The molecule has 2 heteroatoms. The van der Waals surface area contributed by atoms with Crippen LogP contribution in [0.25, 0.3) is 0 Å². The Morgan fingerprint density at radius 2 is 2.12 bits per heavy atom. The summed E-state index contributed by atoms with van der Waals surface area (Å²) in [6, 6.07) is 6.63. The van der Waals surface area contributed by atoms with Crippen LogP contribution in [0, 0.1) is 5.92 Å². The molecule has 0 aromatic heterocycles. The highest BCUT2D eigenvalue weighted by molar-refractivity contribution is 5.38. The zero-order chi connectivity index (χ0) is 11.5. The Bertz CT molecular complexity index is 358. The predicted molar refractivity (Wildman–Crippen MR) is 66.6 cm³/mol. The fraction of sp³-hybridized carbons (Fsp3) is 0.571. The van der Waals surface area contributed by atoms with Crippen molar-refractivity contribution in [3.8, 4) is 5.75 Å². The second-order valence-electron chi connectivity index (χ2n) is 4.52.